The fourth-order valence-corrected chi connectivity index (χ4v) is 0.611. The van der Waals surface area contributed by atoms with Crippen molar-refractivity contribution in [2.24, 2.45) is 0 Å². The van der Waals surface area contributed by atoms with Gasteiger partial charge in [-0.3, -0.25) is 0 Å². The van der Waals surface area contributed by atoms with Crippen LogP contribution in [-0.4, -0.2) is 15.8 Å². The van der Waals surface area contributed by atoms with Crippen molar-refractivity contribution >= 4 is 9.17 Å². The minimum absolute atomic E-state index is 0. The fourth-order valence-electron chi connectivity index (χ4n) is 0.300. The second-order valence-corrected chi connectivity index (χ2v) is 2.24. The van der Waals surface area contributed by atoms with Gasteiger partial charge in [0, 0.05) is 6.61 Å². The average Bonchev–Trinajstić information content (AvgIpc) is 1.66. The summed E-state index contributed by atoms with van der Waals surface area (Å²) in [5.41, 5.74) is 0. The predicted octanol–water partition coefficient (Wildman–Crippen LogP) is -3.42. The molecule has 0 bridgehead atoms. The number of rotatable bonds is 4. The molecule has 0 amide bonds. The van der Waals surface area contributed by atoms with E-state index in [-0.39, 0.29) is 29.6 Å². The molecule has 48 valence electrons. The zero-order chi connectivity index (χ0) is 6.41. The van der Waals surface area contributed by atoms with Crippen molar-refractivity contribution in [3.05, 3.63) is 0 Å². The molecule has 0 rings (SSSR count). The van der Waals surface area contributed by atoms with E-state index in [1.807, 2.05) is 6.92 Å². The topological polar surface area (TPSA) is 49.4 Å². The van der Waals surface area contributed by atoms with Gasteiger partial charge in [0.1, 0.15) is 0 Å². The van der Waals surface area contributed by atoms with Gasteiger partial charge in [-0.15, -0.1) is 0 Å². The van der Waals surface area contributed by atoms with Gasteiger partial charge in [0.2, 0.25) is 0 Å². The molecule has 0 aliphatic rings. The standard InChI is InChI=1S/C4H9O3Si.Na/c1-2-3-4-7-8(5)6;/h2-4H2,1H3;/q-1;+1. The molecule has 0 saturated heterocycles. The van der Waals surface area contributed by atoms with E-state index in [1.54, 1.807) is 0 Å². The minimum atomic E-state index is -2.91. The molecule has 0 aliphatic carbocycles. The minimum Gasteiger partial charge on any atom is -0.588 e. The van der Waals surface area contributed by atoms with Gasteiger partial charge >= 0.3 is 38.7 Å². The van der Waals surface area contributed by atoms with Crippen LogP contribution in [0.2, 0.25) is 0 Å². The maximum Gasteiger partial charge on any atom is 1.00 e. The first-order chi connectivity index (χ1) is 3.77. The van der Waals surface area contributed by atoms with E-state index in [9.17, 15) is 9.26 Å². The molecule has 0 atom stereocenters. The van der Waals surface area contributed by atoms with Crippen LogP contribution in [0.4, 0.5) is 0 Å². The molecule has 0 radical (unpaired) electrons. The smallest absolute Gasteiger partial charge is 0.588 e. The maximum absolute atomic E-state index is 9.73. The van der Waals surface area contributed by atoms with Crippen molar-refractivity contribution in [1.29, 1.82) is 0 Å². The molecule has 0 unspecified atom stereocenters. The van der Waals surface area contributed by atoms with E-state index >= 15 is 0 Å². The molecule has 9 heavy (non-hydrogen) atoms. The molecule has 0 saturated carbocycles. The van der Waals surface area contributed by atoms with Gasteiger partial charge in [0.25, 0.3) is 0 Å². The Balaban J connectivity index is 0. The Hall–Kier alpha value is 0.617. The first-order valence-electron chi connectivity index (χ1n) is 2.61. The molecule has 5 heteroatoms. The average molecular weight is 156 g/mol. The van der Waals surface area contributed by atoms with Gasteiger partial charge in [-0.1, -0.05) is 13.3 Å². The summed E-state index contributed by atoms with van der Waals surface area (Å²) in [5, 5.41) is 0. The van der Waals surface area contributed by atoms with Gasteiger partial charge in [0.05, 0.1) is 0 Å². The molecule has 0 heterocycles. The quantitative estimate of drug-likeness (QED) is 0.315. The summed E-state index contributed by atoms with van der Waals surface area (Å²) >= 11 is 0. The molecular formula is C4H9NaO3Si. The van der Waals surface area contributed by atoms with E-state index < -0.39 is 9.17 Å². The summed E-state index contributed by atoms with van der Waals surface area (Å²) in [5.74, 6) is 0. The van der Waals surface area contributed by atoms with Crippen molar-refractivity contribution in [3.8, 4) is 0 Å². The van der Waals surface area contributed by atoms with Gasteiger partial charge in [-0.2, -0.15) is 0 Å². The van der Waals surface area contributed by atoms with Crippen LogP contribution in [0.25, 0.3) is 0 Å². The Morgan fingerprint density at radius 2 is 2.22 bits per heavy atom. The van der Waals surface area contributed by atoms with Crippen molar-refractivity contribution in [2.45, 2.75) is 19.8 Å². The fraction of sp³-hybridized carbons (Fsp3) is 1.00. The van der Waals surface area contributed by atoms with Crippen LogP contribution >= 0.6 is 0 Å². The van der Waals surface area contributed by atoms with Crippen LogP contribution in [0.3, 0.4) is 0 Å². The normalized spacial score (nSPS) is 7.67. The van der Waals surface area contributed by atoms with Gasteiger partial charge in [-0.25, -0.2) is 0 Å². The number of unbranched alkanes of at least 4 members (excludes halogenated alkanes) is 1. The zero-order valence-corrected chi connectivity index (χ0v) is 8.85. The van der Waals surface area contributed by atoms with E-state index in [1.165, 1.54) is 0 Å². The van der Waals surface area contributed by atoms with Crippen LogP contribution in [0.15, 0.2) is 0 Å². The van der Waals surface area contributed by atoms with E-state index in [2.05, 4.69) is 4.43 Å². The summed E-state index contributed by atoms with van der Waals surface area (Å²) in [6, 6.07) is 0. The van der Waals surface area contributed by atoms with Crippen molar-refractivity contribution < 1.29 is 43.2 Å². The third kappa shape index (κ3) is 12.0. The monoisotopic (exact) mass is 156 g/mol. The number of hydrogen-bond donors (Lipinski definition) is 0. The summed E-state index contributed by atoms with van der Waals surface area (Å²) in [6.45, 7) is 2.32. The third-order valence-electron chi connectivity index (χ3n) is 0.718. The first-order valence-corrected chi connectivity index (χ1v) is 3.83. The van der Waals surface area contributed by atoms with Crippen LogP contribution in [-0.2, 0) is 8.89 Å². The summed E-state index contributed by atoms with van der Waals surface area (Å²) in [4.78, 5) is 9.73. The molecule has 0 fully saturated rings. The first kappa shape index (κ1) is 12.3. The van der Waals surface area contributed by atoms with Crippen LogP contribution in [0.5, 0.6) is 0 Å². The van der Waals surface area contributed by atoms with Gasteiger partial charge in [-0.05, 0) is 6.42 Å². The molecule has 0 aromatic rings. The van der Waals surface area contributed by atoms with Crippen LogP contribution in [0.1, 0.15) is 19.8 Å². The zero-order valence-electron chi connectivity index (χ0n) is 5.85. The Morgan fingerprint density at radius 1 is 1.67 bits per heavy atom. The predicted molar refractivity (Wildman–Crippen MR) is 27.3 cm³/mol. The van der Waals surface area contributed by atoms with Crippen molar-refractivity contribution in [1.82, 2.24) is 0 Å². The van der Waals surface area contributed by atoms with E-state index in [0.29, 0.717) is 6.61 Å². The molecule has 0 aliphatic heterocycles. The SMILES string of the molecule is CCCCO[Si](=O)[O-].[Na+]. The molecular weight excluding hydrogens is 147 g/mol. The summed E-state index contributed by atoms with van der Waals surface area (Å²) < 4.78 is 14.0. The van der Waals surface area contributed by atoms with Crippen LogP contribution < -0.4 is 34.4 Å². The largest absolute Gasteiger partial charge is 1.00 e. The van der Waals surface area contributed by atoms with Gasteiger partial charge < -0.3 is 13.7 Å². The molecule has 3 nitrogen and oxygen atoms in total. The van der Waals surface area contributed by atoms with Crippen LogP contribution in [0, 0.1) is 0 Å². The molecule has 0 N–H and O–H groups in total. The Kier molecular flexibility index (Phi) is 11.8. The Bertz CT molecular complexity index is 78.2. The summed E-state index contributed by atoms with van der Waals surface area (Å²) in [6.07, 6.45) is 1.79. The Morgan fingerprint density at radius 3 is 2.56 bits per heavy atom. The molecule has 0 aromatic heterocycles. The van der Waals surface area contributed by atoms with E-state index in [4.69, 9.17) is 0 Å². The second kappa shape index (κ2) is 8.62. The molecule has 0 aromatic carbocycles. The second-order valence-electron chi connectivity index (χ2n) is 1.45. The third-order valence-corrected chi connectivity index (χ3v) is 1.16. The van der Waals surface area contributed by atoms with Gasteiger partial charge in [0.15, 0.2) is 0 Å². The van der Waals surface area contributed by atoms with Crippen molar-refractivity contribution in [2.75, 3.05) is 6.61 Å². The molecule has 0 spiro atoms. The van der Waals surface area contributed by atoms with E-state index in [0.717, 1.165) is 12.8 Å². The number of hydrogen-bond acceptors (Lipinski definition) is 3. The maximum atomic E-state index is 9.73. The Labute approximate surface area is 78.6 Å². The van der Waals surface area contributed by atoms with Crippen molar-refractivity contribution in [3.63, 3.8) is 0 Å². The summed E-state index contributed by atoms with van der Waals surface area (Å²) in [7, 11) is -2.91.